The van der Waals surface area contributed by atoms with Gasteiger partial charge in [-0.15, -0.1) is 0 Å². The Morgan fingerprint density at radius 2 is 1.38 bits per heavy atom. The van der Waals surface area contributed by atoms with Crippen molar-refractivity contribution in [2.45, 2.75) is 200 Å². The van der Waals surface area contributed by atoms with Crippen LogP contribution < -0.4 is 0 Å². The lowest BCUT2D eigenvalue weighted by atomic mass is 9.35. The summed E-state index contributed by atoms with van der Waals surface area (Å²) < 4.78 is 48.1. The molecule has 3 unspecified atom stereocenters. The van der Waals surface area contributed by atoms with Crippen LogP contribution in [0.25, 0.3) is 0 Å². The molecule has 12 nitrogen and oxygen atoms in total. The van der Waals surface area contributed by atoms with E-state index in [9.17, 15) is 20.4 Å². The highest BCUT2D eigenvalue weighted by Gasteiger charge is 2.70. The van der Waals surface area contributed by atoms with Gasteiger partial charge in [0.1, 0.15) is 30.7 Å². The SMILES string of the molecule is C=C1C=C([C@H]2CC[C@@]3(C)C4CC[C@@]5(C)C[C@H](O[C@H]6C[C@H](O)[C@@H](O[C@H]7O[C@H](C)[C@@H](O[C@H]8C[C@H](O)[C@H](O)[C@@H](C)O8)[C@@H](O)O7)[C@@H](C)O6)CC[C@]5(C)C4CC(C)[C@]23C)CO1. The maximum Gasteiger partial charge on any atom is 0.274 e. The Kier molecular flexibility index (Phi) is 11.2. The van der Waals surface area contributed by atoms with Crippen LogP contribution in [0.1, 0.15) is 120 Å². The van der Waals surface area contributed by atoms with Crippen LogP contribution in [0.5, 0.6) is 0 Å². The molecule has 0 radical (unpaired) electrons. The molecule has 0 amide bonds. The highest BCUT2D eigenvalue weighted by atomic mass is 16.9. The highest BCUT2D eigenvalue weighted by Crippen LogP contribution is 2.76. The first-order chi connectivity index (χ1) is 26.4. The van der Waals surface area contributed by atoms with E-state index in [1.807, 2.05) is 6.92 Å². The van der Waals surface area contributed by atoms with E-state index >= 15 is 0 Å². The Morgan fingerprint density at radius 1 is 0.696 bits per heavy atom. The Morgan fingerprint density at radius 3 is 2.05 bits per heavy atom. The first kappa shape index (κ1) is 41.6. The Balaban J connectivity index is 0.855. The number of hydrogen-bond donors (Lipinski definition) is 4. The van der Waals surface area contributed by atoms with Crippen LogP contribution in [-0.4, -0.2) is 107 Å². The van der Waals surface area contributed by atoms with Gasteiger partial charge in [0.2, 0.25) is 0 Å². The van der Waals surface area contributed by atoms with Gasteiger partial charge >= 0.3 is 0 Å². The maximum atomic E-state index is 11.3. The molecule has 4 N–H and O–H groups in total. The zero-order chi connectivity index (χ0) is 40.1. The molecule has 4 aliphatic heterocycles. The van der Waals surface area contributed by atoms with Crippen molar-refractivity contribution < 1.29 is 58.3 Å². The molecule has 0 aromatic heterocycles. The third kappa shape index (κ3) is 6.77. The number of allylic oxidation sites excluding steroid dienone is 1. The van der Waals surface area contributed by atoms with Gasteiger partial charge in [-0.05, 0) is 129 Å². The van der Waals surface area contributed by atoms with Gasteiger partial charge in [-0.25, -0.2) is 0 Å². The topological polar surface area (TPSA) is 155 Å². The minimum absolute atomic E-state index is 0.0415. The predicted octanol–water partition coefficient (Wildman–Crippen LogP) is 5.69. The molecule has 4 heterocycles. The van der Waals surface area contributed by atoms with Crippen LogP contribution >= 0.6 is 0 Å². The van der Waals surface area contributed by atoms with Crippen LogP contribution in [0.3, 0.4) is 0 Å². The van der Waals surface area contributed by atoms with Crippen molar-refractivity contribution in [2.24, 2.45) is 45.3 Å². The fourth-order valence-electron chi connectivity index (χ4n) is 13.7. The quantitative estimate of drug-likeness (QED) is 0.235. The molecule has 0 spiro atoms. The molecule has 0 aromatic carbocycles. The highest BCUT2D eigenvalue weighted by molar-refractivity contribution is 5.30. The van der Waals surface area contributed by atoms with Crippen molar-refractivity contribution in [3.05, 3.63) is 24.0 Å². The summed E-state index contributed by atoms with van der Waals surface area (Å²) in [5.74, 6) is 3.40. The van der Waals surface area contributed by atoms with E-state index in [4.69, 9.17) is 37.9 Å². The summed E-state index contributed by atoms with van der Waals surface area (Å²) in [5, 5.41) is 42.3. The zero-order valence-electron chi connectivity index (χ0n) is 34.9. The summed E-state index contributed by atoms with van der Waals surface area (Å²) >= 11 is 0. The van der Waals surface area contributed by atoms with E-state index in [1.165, 1.54) is 37.7 Å². The second kappa shape index (κ2) is 15.1. The second-order valence-corrected chi connectivity index (χ2v) is 20.1. The van der Waals surface area contributed by atoms with Gasteiger partial charge in [-0.1, -0.05) is 41.2 Å². The average Bonchev–Trinajstić information content (AvgIpc) is 3.68. The lowest BCUT2D eigenvalue weighted by Gasteiger charge is -2.69. The monoisotopic (exact) mass is 790 g/mol. The van der Waals surface area contributed by atoms with Gasteiger partial charge in [0.25, 0.3) is 6.48 Å². The van der Waals surface area contributed by atoms with Gasteiger partial charge < -0.3 is 53.6 Å². The van der Waals surface area contributed by atoms with Crippen LogP contribution in [0.2, 0.25) is 0 Å². The third-order valence-corrected chi connectivity index (χ3v) is 17.5. The fourth-order valence-corrected chi connectivity index (χ4v) is 13.7. The average molecular weight is 791 g/mol. The van der Waals surface area contributed by atoms with E-state index in [-0.39, 0.29) is 35.2 Å². The van der Waals surface area contributed by atoms with Crippen LogP contribution in [0.15, 0.2) is 24.0 Å². The van der Waals surface area contributed by atoms with Crippen molar-refractivity contribution >= 4 is 0 Å². The normalized spacial score (nSPS) is 56.1. The van der Waals surface area contributed by atoms with Crippen LogP contribution in [0, 0.1) is 45.3 Å². The molecule has 12 heteroatoms. The molecule has 8 rings (SSSR count). The minimum atomic E-state index is -1.42. The molecule has 4 aliphatic carbocycles. The molecular formula is C44H70O12. The maximum absolute atomic E-state index is 11.3. The van der Waals surface area contributed by atoms with Crippen molar-refractivity contribution in [1.82, 2.24) is 0 Å². The number of rotatable bonds is 7. The molecule has 318 valence electrons. The zero-order valence-corrected chi connectivity index (χ0v) is 34.9. The van der Waals surface area contributed by atoms with Crippen molar-refractivity contribution in [1.29, 1.82) is 0 Å². The Hall–Kier alpha value is -1.16. The molecule has 4 saturated carbocycles. The molecule has 7 fully saturated rings. The van der Waals surface area contributed by atoms with E-state index in [2.05, 4.69) is 47.3 Å². The van der Waals surface area contributed by atoms with E-state index < -0.39 is 74.2 Å². The van der Waals surface area contributed by atoms with Crippen molar-refractivity contribution in [2.75, 3.05) is 6.61 Å². The summed E-state index contributed by atoms with van der Waals surface area (Å²) in [7, 11) is 0. The van der Waals surface area contributed by atoms with Crippen LogP contribution in [0.4, 0.5) is 0 Å². The number of aliphatic hydroxyl groups excluding tert-OH is 4. The fraction of sp³-hybridized carbons (Fsp3) is 0.909. The largest absolute Gasteiger partial charge is 0.490 e. The van der Waals surface area contributed by atoms with E-state index in [0.717, 1.165) is 25.0 Å². The smallest absolute Gasteiger partial charge is 0.274 e. The van der Waals surface area contributed by atoms with Gasteiger partial charge in [-0.2, -0.15) is 0 Å². The predicted molar refractivity (Wildman–Crippen MR) is 204 cm³/mol. The third-order valence-electron chi connectivity index (χ3n) is 17.5. The molecule has 0 bridgehead atoms. The first-order valence-electron chi connectivity index (χ1n) is 21.7. The van der Waals surface area contributed by atoms with Crippen LogP contribution in [-0.2, 0) is 37.9 Å². The summed E-state index contributed by atoms with van der Waals surface area (Å²) in [5.41, 5.74) is 2.39. The summed E-state index contributed by atoms with van der Waals surface area (Å²) in [6.07, 6.45) is 2.63. The van der Waals surface area contributed by atoms with Gasteiger partial charge in [-0.3, -0.25) is 4.74 Å². The Bertz CT molecular complexity index is 1460. The standard InChI is InChI=1S/C44H70O12/c1-22-16-31-30(43(8)15-12-29(44(22,43)9)27-17-23(2)49-21-27)11-13-41(6)20-28(10-14-42(31,41)7)53-34-19-33(46)37(25(4)51-34)55-40-52-26(5)38(39(48)56-40)54-35-18-32(45)36(47)24(3)50-35/h17,22,24-26,28-40,45-48H,2,10-16,18-21H2,1,3-9H3/t22?,24-,25-,26-,28-,29-,30?,31?,32+,33+,34+,35+,36-,37+,38-,39+,40-,41+,42-,43+,44-/m1/s1. The number of hydrogen-bond acceptors (Lipinski definition) is 12. The molecule has 56 heavy (non-hydrogen) atoms. The van der Waals surface area contributed by atoms with E-state index in [0.29, 0.717) is 35.7 Å². The van der Waals surface area contributed by atoms with Crippen molar-refractivity contribution in [3.8, 4) is 0 Å². The molecule has 8 aliphatic rings. The molecular weight excluding hydrogens is 720 g/mol. The van der Waals surface area contributed by atoms with Gasteiger partial charge in [0.15, 0.2) is 18.9 Å². The first-order valence-corrected chi connectivity index (χ1v) is 21.7. The van der Waals surface area contributed by atoms with Gasteiger partial charge in [0, 0.05) is 12.8 Å². The number of ether oxygens (including phenoxy) is 8. The molecule has 0 aromatic rings. The molecule has 21 atom stereocenters. The number of fused-ring (bicyclic) bond motifs is 5. The minimum Gasteiger partial charge on any atom is -0.490 e. The summed E-state index contributed by atoms with van der Waals surface area (Å²) in [6, 6.07) is 0. The van der Waals surface area contributed by atoms with Crippen molar-refractivity contribution in [3.63, 3.8) is 0 Å². The number of aliphatic hydroxyl groups is 4. The van der Waals surface area contributed by atoms with Gasteiger partial charge in [0.05, 0.1) is 36.6 Å². The summed E-state index contributed by atoms with van der Waals surface area (Å²) in [6.45, 7) is 21.7. The summed E-state index contributed by atoms with van der Waals surface area (Å²) in [4.78, 5) is 0. The Labute approximate surface area is 333 Å². The molecule has 3 saturated heterocycles. The lowest BCUT2D eigenvalue weighted by molar-refractivity contribution is -0.437. The van der Waals surface area contributed by atoms with E-state index in [1.54, 1.807) is 13.8 Å². The lowest BCUT2D eigenvalue weighted by Crippen LogP contribution is -2.63. The second-order valence-electron chi connectivity index (χ2n) is 20.1.